The van der Waals surface area contributed by atoms with Crippen LogP contribution >= 0.6 is 0 Å². The molecule has 2 radical (unpaired) electrons. The number of unbranched alkanes of at least 4 members (excludes halogenated alkanes) is 5. The van der Waals surface area contributed by atoms with Crippen LogP contribution in [0.3, 0.4) is 0 Å². The second kappa shape index (κ2) is 8.37. The van der Waals surface area contributed by atoms with Crippen LogP contribution < -0.4 is 0 Å². The first-order valence-electron chi connectivity index (χ1n) is 7.67. The van der Waals surface area contributed by atoms with Gasteiger partial charge in [0.15, 0.2) is 0 Å². The molecule has 0 nitrogen and oxygen atoms in total. The highest BCUT2D eigenvalue weighted by Gasteiger charge is 2.24. The molecule has 0 heterocycles. The molecule has 0 N–H and O–H groups in total. The Balaban J connectivity index is 2.37. The molecule has 0 saturated carbocycles. The van der Waals surface area contributed by atoms with E-state index in [1.54, 1.807) is 0 Å². The minimum atomic E-state index is -1.44. The van der Waals surface area contributed by atoms with Gasteiger partial charge in [-0.3, -0.25) is 0 Å². The van der Waals surface area contributed by atoms with Crippen molar-refractivity contribution in [2.45, 2.75) is 64.6 Å². The summed E-state index contributed by atoms with van der Waals surface area (Å²) in [5.41, 5.74) is 1.21. The molecular formula is C18H28Si. The Bertz CT molecular complexity index is 365. The third-order valence-corrected chi connectivity index (χ3v) is 7.26. The van der Waals surface area contributed by atoms with E-state index in [1.807, 2.05) is 12.1 Å². The Morgan fingerprint density at radius 1 is 1.05 bits per heavy atom. The molecule has 0 unspecified atom stereocenters. The average Bonchev–Trinajstić information content (AvgIpc) is 2.43. The number of benzene rings is 1. The van der Waals surface area contributed by atoms with E-state index in [2.05, 4.69) is 38.2 Å². The highest BCUT2D eigenvalue weighted by atomic mass is 28.3. The summed E-state index contributed by atoms with van der Waals surface area (Å²) in [5, 5.41) is 1.15. The van der Waals surface area contributed by atoms with Gasteiger partial charge < -0.3 is 0 Å². The number of rotatable bonds is 9. The van der Waals surface area contributed by atoms with Crippen LogP contribution in [-0.4, -0.2) is 8.07 Å². The largest absolute Gasteiger partial charge is 0.0814 e. The van der Waals surface area contributed by atoms with E-state index in [-0.39, 0.29) is 0 Å². The Kier molecular flexibility index (Phi) is 7.15. The molecule has 0 aliphatic heterocycles. The van der Waals surface area contributed by atoms with E-state index < -0.39 is 8.07 Å². The van der Waals surface area contributed by atoms with Crippen LogP contribution in [0, 0.1) is 12.6 Å². The van der Waals surface area contributed by atoms with Gasteiger partial charge in [-0.2, -0.15) is 0 Å². The smallest absolute Gasteiger partial charge is 0.0654 e. The first-order valence-corrected chi connectivity index (χ1v) is 10.9. The lowest BCUT2D eigenvalue weighted by Gasteiger charge is -2.25. The summed E-state index contributed by atoms with van der Waals surface area (Å²) in [7, 11) is -1.44. The van der Waals surface area contributed by atoms with Crippen molar-refractivity contribution in [1.82, 2.24) is 0 Å². The van der Waals surface area contributed by atoms with Crippen molar-refractivity contribution >= 4 is 13.3 Å². The molecule has 1 rings (SSSR count). The molecule has 0 bridgehead atoms. The van der Waals surface area contributed by atoms with Gasteiger partial charge >= 0.3 is 0 Å². The zero-order valence-corrected chi connectivity index (χ0v) is 13.8. The zero-order valence-electron chi connectivity index (χ0n) is 12.8. The second-order valence-electron chi connectivity index (χ2n) is 6.10. The fourth-order valence-electron chi connectivity index (χ4n) is 2.44. The van der Waals surface area contributed by atoms with Crippen LogP contribution in [0.1, 0.15) is 51.0 Å². The molecule has 0 aromatic heterocycles. The molecule has 1 aromatic carbocycles. The second-order valence-corrected chi connectivity index (χ2v) is 10.9. The molecule has 0 amide bonds. The summed E-state index contributed by atoms with van der Waals surface area (Å²) in [6.07, 6.45) is 8.20. The standard InChI is InChI=1S/C18H28Si/c1-5-6-7-8-9-13-16-19(3,4)17(2)18-14-11-10-12-15-18/h2,11-12,14-15H,5-9,13,16H2,1,3-4H3. The third kappa shape index (κ3) is 5.77. The highest BCUT2D eigenvalue weighted by molar-refractivity contribution is 6.94. The van der Waals surface area contributed by atoms with E-state index in [4.69, 9.17) is 6.58 Å². The summed E-state index contributed by atoms with van der Waals surface area (Å²) in [5.74, 6) is 0. The molecule has 1 heteroatoms. The highest BCUT2D eigenvalue weighted by Crippen LogP contribution is 2.29. The fraction of sp³-hybridized carbons (Fsp3) is 0.556. The fourth-order valence-corrected chi connectivity index (χ4v) is 4.79. The predicted molar refractivity (Wildman–Crippen MR) is 88.7 cm³/mol. The van der Waals surface area contributed by atoms with Crippen molar-refractivity contribution in [3.05, 3.63) is 42.5 Å². The van der Waals surface area contributed by atoms with Crippen LogP contribution in [-0.2, 0) is 0 Å². The Morgan fingerprint density at radius 3 is 2.26 bits per heavy atom. The molecule has 0 saturated heterocycles. The van der Waals surface area contributed by atoms with Gasteiger partial charge in [0.2, 0.25) is 0 Å². The molecule has 1 aromatic rings. The minimum absolute atomic E-state index is 1.15. The van der Waals surface area contributed by atoms with Gasteiger partial charge in [-0.25, -0.2) is 0 Å². The van der Waals surface area contributed by atoms with E-state index in [0.717, 1.165) is 5.20 Å². The SMILES string of the molecule is [CH]=C(c1cc[c]cc1)[Si](C)(C)CCCCCCCC. The summed E-state index contributed by atoms with van der Waals surface area (Å²) in [6.45, 7) is 13.5. The summed E-state index contributed by atoms with van der Waals surface area (Å²) >= 11 is 0. The van der Waals surface area contributed by atoms with Gasteiger partial charge in [0.05, 0.1) is 8.07 Å². The van der Waals surface area contributed by atoms with Crippen LogP contribution in [0.4, 0.5) is 0 Å². The Morgan fingerprint density at radius 2 is 1.63 bits per heavy atom. The Labute approximate surface area is 121 Å². The van der Waals surface area contributed by atoms with Crippen LogP contribution in [0.2, 0.25) is 19.1 Å². The van der Waals surface area contributed by atoms with Crippen LogP contribution in [0.25, 0.3) is 5.20 Å². The molecule has 104 valence electrons. The lowest BCUT2D eigenvalue weighted by Crippen LogP contribution is -2.27. The predicted octanol–water partition coefficient (Wildman–Crippen LogP) is 5.91. The normalized spacial score (nSPS) is 11.5. The minimum Gasteiger partial charge on any atom is -0.0654 e. The maximum Gasteiger partial charge on any atom is 0.0814 e. The third-order valence-electron chi connectivity index (χ3n) is 3.91. The van der Waals surface area contributed by atoms with E-state index in [9.17, 15) is 0 Å². The van der Waals surface area contributed by atoms with Crippen molar-refractivity contribution in [2.24, 2.45) is 0 Å². The Hall–Kier alpha value is -0.823. The van der Waals surface area contributed by atoms with Gasteiger partial charge in [0, 0.05) is 0 Å². The zero-order chi connectivity index (χ0) is 14.1. The molecule has 0 aliphatic carbocycles. The van der Waals surface area contributed by atoms with Crippen LogP contribution in [0.5, 0.6) is 0 Å². The van der Waals surface area contributed by atoms with Gasteiger partial charge in [0.1, 0.15) is 0 Å². The van der Waals surface area contributed by atoms with Crippen molar-refractivity contribution in [1.29, 1.82) is 0 Å². The van der Waals surface area contributed by atoms with E-state index in [0.29, 0.717) is 0 Å². The lowest BCUT2D eigenvalue weighted by molar-refractivity contribution is 0.623. The van der Waals surface area contributed by atoms with Crippen LogP contribution in [0.15, 0.2) is 24.3 Å². The maximum atomic E-state index is 6.40. The van der Waals surface area contributed by atoms with Gasteiger partial charge in [-0.1, -0.05) is 101 Å². The molecule has 19 heavy (non-hydrogen) atoms. The van der Waals surface area contributed by atoms with Crippen molar-refractivity contribution < 1.29 is 0 Å². The number of hydrogen-bond acceptors (Lipinski definition) is 0. The summed E-state index contributed by atoms with van der Waals surface area (Å²) < 4.78 is 0. The first-order chi connectivity index (χ1) is 9.08. The van der Waals surface area contributed by atoms with Gasteiger partial charge in [-0.05, 0) is 11.6 Å². The molecule has 0 aliphatic rings. The van der Waals surface area contributed by atoms with Gasteiger partial charge in [0.25, 0.3) is 0 Å². The summed E-state index contributed by atoms with van der Waals surface area (Å²) in [6, 6.07) is 12.5. The average molecular weight is 273 g/mol. The lowest BCUT2D eigenvalue weighted by atomic mass is 10.1. The van der Waals surface area contributed by atoms with Gasteiger partial charge in [-0.15, -0.1) is 0 Å². The molecule has 0 spiro atoms. The van der Waals surface area contributed by atoms with E-state index >= 15 is 0 Å². The summed E-state index contributed by atoms with van der Waals surface area (Å²) in [4.78, 5) is 0. The monoisotopic (exact) mass is 272 g/mol. The first kappa shape index (κ1) is 16.2. The molecule has 0 fully saturated rings. The van der Waals surface area contributed by atoms with Crippen molar-refractivity contribution in [3.63, 3.8) is 0 Å². The molecule has 0 atom stereocenters. The maximum absolute atomic E-state index is 6.40. The topological polar surface area (TPSA) is 0 Å². The van der Waals surface area contributed by atoms with Crippen molar-refractivity contribution in [2.75, 3.05) is 0 Å². The van der Waals surface area contributed by atoms with E-state index in [1.165, 1.54) is 50.1 Å². The number of hydrogen-bond donors (Lipinski definition) is 0. The molecular weight excluding hydrogens is 244 g/mol. The van der Waals surface area contributed by atoms with Crippen molar-refractivity contribution in [3.8, 4) is 0 Å². The quantitative estimate of drug-likeness (QED) is 0.387.